The van der Waals surface area contributed by atoms with Crippen LogP contribution < -0.4 is 9.47 Å². The largest absolute Gasteiger partial charge is 0.493 e. The first-order valence-corrected chi connectivity index (χ1v) is 8.67. The standard InChI is InChI=1S/C20H20N4O3/c1-26-18-9-14-6-7-23(11-16(14)10-19(18)27-2)20(25)15-4-3-5-17(8-15)24-12-21-22-13-24/h3-5,8-10,12-13H,6-7,11H2,1-2H3. The van der Waals surface area contributed by atoms with Gasteiger partial charge in [0, 0.05) is 24.3 Å². The lowest BCUT2D eigenvalue weighted by Crippen LogP contribution is -2.36. The van der Waals surface area contributed by atoms with Gasteiger partial charge in [-0.3, -0.25) is 9.36 Å². The molecule has 0 saturated carbocycles. The maximum absolute atomic E-state index is 13.0. The Bertz CT molecular complexity index is 969. The summed E-state index contributed by atoms with van der Waals surface area (Å²) < 4.78 is 12.6. The lowest BCUT2D eigenvalue weighted by Gasteiger charge is -2.30. The minimum Gasteiger partial charge on any atom is -0.493 e. The van der Waals surface area contributed by atoms with E-state index < -0.39 is 0 Å². The number of rotatable bonds is 4. The fourth-order valence-electron chi connectivity index (χ4n) is 3.37. The molecular weight excluding hydrogens is 344 g/mol. The molecule has 2 heterocycles. The van der Waals surface area contributed by atoms with E-state index in [2.05, 4.69) is 10.2 Å². The molecule has 1 aliphatic rings. The first-order chi connectivity index (χ1) is 13.2. The van der Waals surface area contributed by atoms with Crippen LogP contribution in [-0.4, -0.2) is 46.3 Å². The Morgan fingerprint density at radius 2 is 1.70 bits per heavy atom. The van der Waals surface area contributed by atoms with Gasteiger partial charge in [0.2, 0.25) is 0 Å². The van der Waals surface area contributed by atoms with Crippen LogP contribution >= 0.6 is 0 Å². The number of aromatic nitrogens is 3. The monoisotopic (exact) mass is 364 g/mol. The molecule has 0 saturated heterocycles. The van der Waals surface area contributed by atoms with Gasteiger partial charge in [0.15, 0.2) is 11.5 Å². The van der Waals surface area contributed by atoms with Gasteiger partial charge in [-0.1, -0.05) is 6.07 Å². The van der Waals surface area contributed by atoms with Crippen LogP contribution in [0.4, 0.5) is 0 Å². The van der Waals surface area contributed by atoms with Crippen LogP contribution in [0.25, 0.3) is 5.69 Å². The first kappa shape index (κ1) is 17.1. The zero-order valence-corrected chi connectivity index (χ0v) is 15.3. The smallest absolute Gasteiger partial charge is 0.254 e. The maximum atomic E-state index is 13.0. The second-order valence-corrected chi connectivity index (χ2v) is 6.37. The van der Waals surface area contributed by atoms with E-state index in [-0.39, 0.29) is 5.91 Å². The summed E-state index contributed by atoms with van der Waals surface area (Å²) in [4.78, 5) is 14.9. The number of benzene rings is 2. The predicted molar refractivity (Wildman–Crippen MR) is 99.3 cm³/mol. The van der Waals surface area contributed by atoms with E-state index in [1.165, 1.54) is 5.56 Å². The highest BCUT2D eigenvalue weighted by Gasteiger charge is 2.24. The van der Waals surface area contributed by atoms with E-state index in [1.807, 2.05) is 41.3 Å². The molecule has 1 aromatic heterocycles. The molecule has 1 aliphatic heterocycles. The number of carbonyl (C=O) groups is 1. The van der Waals surface area contributed by atoms with Crippen molar-refractivity contribution in [3.05, 3.63) is 65.7 Å². The number of amides is 1. The molecule has 3 aromatic rings. The second kappa shape index (κ2) is 7.11. The Kier molecular flexibility index (Phi) is 4.50. The van der Waals surface area contributed by atoms with E-state index >= 15 is 0 Å². The molecule has 7 heteroatoms. The van der Waals surface area contributed by atoms with Gasteiger partial charge in [0.1, 0.15) is 12.7 Å². The second-order valence-electron chi connectivity index (χ2n) is 6.37. The van der Waals surface area contributed by atoms with Crippen molar-refractivity contribution in [2.75, 3.05) is 20.8 Å². The minimum absolute atomic E-state index is 0.00496. The van der Waals surface area contributed by atoms with E-state index in [0.29, 0.717) is 24.4 Å². The predicted octanol–water partition coefficient (Wildman–Crippen LogP) is 2.48. The van der Waals surface area contributed by atoms with Crippen molar-refractivity contribution in [2.45, 2.75) is 13.0 Å². The van der Waals surface area contributed by atoms with Gasteiger partial charge in [0.05, 0.1) is 14.2 Å². The lowest BCUT2D eigenvalue weighted by molar-refractivity contribution is 0.0734. The number of nitrogens with zero attached hydrogens (tertiary/aromatic N) is 4. The van der Waals surface area contributed by atoms with Crippen LogP contribution in [0.3, 0.4) is 0 Å². The zero-order chi connectivity index (χ0) is 18.8. The van der Waals surface area contributed by atoms with Crippen LogP contribution in [0, 0.1) is 0 Å². The van der Waals surface area contributed by atoms with Gasteiger partial charge >= 0.3 is 0 Å². The SMILES string of the molecule is COc1cc2c(cc1OC)CN(C(=O)c1cccc(-n3cnnc3)c1)CC2. The number of ether oxygens (including phenoxy) is 2. The first-order valence-electron chi connectivity index (χ1n) is 8.67. The Labute approximate surface area is 157 Å². The van der Waals surface area contributed by atoms with E-state index in [4.69, 9.17) is 9.47 Å². The van der Waals surface area contributed by atoms with Crippen molar-refractivity contribution in [3.63, 3.8) is 0 Å². The molecule has 1 amide bonds. The van der Waals surface area contributed by atoms with Crippen LogP contribution in [-0.2, 0) is 13.0 Å². The Morgan fingerprint density at radius 3 is 2.41 bits per heavy atom. The Hall–Kier alpha value is -3.35. The fraction of sp³-hybridized carbons (Fsp3) is 0.250. The highest BCUT2D eigenvalue weighted by atomic mass is 16.5. The Morgan fingerprint density at radius 1 is 1.00 bits per heavy atom. The molecule has 0 unspecified atom stereocenters. The number of carbonyl (C=O) groups excluding carboxylic acids is 1. The third kappa shape index (κ3) is 3.23. The summed E-state index contributed by atoms with van der Waals surface area (Å²) in [6.07, 6.45) is 4.01. The molecule has 0 radical (unpaired) electrons. The fourth-order valence-corrected chi connectivity index (χ4v) is 3.37. The molecule has 0 bridgehead atoms. The highest BCUT2D eigenvalue weighted by Crippen LogP contribution is 2.33. The molecule has 0 aliphatic carbocycles. The van der Waals surface area contributed by atoms with Crippen molar-refractivity contribution in [1.82, 2.24) is 19.7 Å². The number of methoxy groups -OCH3 is 2. The minimum atomic E-state index is 0.00496. The van der Waals surface area contributed by atoms with Crippen LogP contribution in [0.5, 0.6) is 11.5 Å². The molecule has 138 valence electrons. The molecular formula is C20H20N4O3. The molecule has 0 atom stereocenters. The van der Waals surface area contributed by atoms with Gasteiger partial charge in [-0.25, -0.2) is 0 Å². The van der Waals surface area contributed by atoms with Gasteiger partial charge < -0.3 is 14.4 Å². The van der Waals surface area contributed by atoms with E-state index in [1.54, 1.807) is 31.4 Å². The molecule has 7 nitrogen and oxygen atoms in total. The zero-order valence-electron chi connectivity index (χ0n) is 15.3. The number of fused-ring (bicyclic) bond motifs is 1. The summed E-state index contributed by atoms with van der Waals surface area (Å²) in [5.41, 5.74) is 3.77. The summed E-state index contributed by atoms with van der Waals surface area (Å²) in [5, 5.41) is 7.63. The average molecular weight is 364 g/mol. The summed E-state index contributed by atoms with van der Waals surface area (Å²) in [5.74, 6) is 1.41. The van der Waals surface area contributed by atoms with Gasteiger partial charge in [-0.15, -0.1) is 10.2 Å². The lowest BCUT2D eigenvalue weighted by atomic mass is 9.98. The molecule has 27 heavy (non-hydrogen) atoms. The summed E-state index contributed by atoms with van der Waals surface area (Å²) in [6.45, 7) is 1.21. The molecule has 4 rings (SSSR count). The van der Waals surface area contributed by atoms with Crippen LogP contribution in [0.15, 0.2) is 49.1 Å². The van der Waals surface area contributed by atoms with Gasteiger partial charge in [0.25, 0.3) is 5.91 Å². The van der Waals surface area contributed by atoms with Crippen LogP contribution in [0.1, 0.15) is 21.5 Å². The van der Waals surface area contributed by atoms with Crippen molar-refractivity contribution in [2.24, 2.45) is 0 Å². The van der Waals surface area contributed by atoms with Gasteiger partial charge in [-0.2, -0.15) is 0 Å². The number of hydrogen-bond donors (Lipinski definition) is 0. The molecule has 2 aromatic carbocycles. The maximum Gasteiger partial charge on any atom is 0.254 e. The van der Waals surface area contributed by atoms with Crippen molar-refractivity contribution in [3.8, 4) is 17.2 Å². The summed E-state index contributed by atoms with van der Waals surface area (Å²) >= 11 is 0. The number of hydrogen-bond acceptors (Lipinski definition) is 5. The summed E-state index contributed by atoms with van der Waals surface area (Å²) in [7, 11) is 3.25. The van der Waals surface area contributed by atoms with Gasteiger partial charge in [-0.05, 0) is 47.9 Å². The summed E-state index contributed by atoms with van der Waals surface area (Å²) in [6, 6.07) is 11.4. The third-order valence-electron chi connectivity index (χ3n) is 4.82. The van der Waals surface area contributed by atoms with Crippen molar-refractivity contribution < 1.29 is 14.3 Å². The molecule has 0 spiro atoms. The average Bonchev–Trinajstić information content (AvgIpc) is 3.26. The normalized spacial score (nSPS) is 13.2. The third-order valence-corrected chi connectivity index (χ3v) is 4.82. The van der Waals surface area contributed by atoms with Crippen molar-refractivity contribution in [1.29, 1.82) is 0 Å². The molecule has 0 fully saturated rings. The molecule has 0 N–H and O–H groups in total. The van der Waals surface area contributed by atoms with E-state index in [9.17, 15) is 4.79 Å². The quantitative estimate of drug-likeness (QED) is 0.711. The van der Waals surface area contributed by atoms with Crippen LogP contribution in [0.2, 0.25) is 0 Å². The topological polar surface area (TPSA) is 69.5 Å². The van der Waals surface area contributed by atoms with Crippen molar-refractivity contribution >= 4 is 5.91 Å². The highest BCUT2D eigenvalue weighted by molar-refractivity contribution is 5.95. The Balaban J connectivity index is 1.59. The van der Waals surface area contributed by atoms with E-state index in [0.717, 1.165) is 23.4 Å².